The first-order valence-corrected chi connectivity index (χ1v) is 4.59. The Kier molecular flexibility index (Phi) is 6.28. The van der Waals surface area contributed by atoms with Crippen LogP contribution in [0.5, 0.6) is 0 Å². The summed E-state index contributed by atoms with van der Waals surface area (Å²) in [5.74, 6) is 5.12. The lowest BCUT2D eigenvalue weighted by atomic mass is 9.90. The van der Waals surface area contributed by atoms with Crippen LogP contribution in [0.2, 0.25) is 0 Å². The van der Waals surface area contributed by atoms with Gasteiger partial charge < -0.3 is 9.47 Å². The smallest absolute Gasteiger partial charge is 0.168 e. The molecule has 4 nitrogen and oxygen atoms in total. The molecule has 2 fully saturated rings. The molecule has 3 N–H and O–H groups in total. The minimum atomic E-state index is -0.243. The number of hydrogen-bond acceptors (Lipinski definition) is 4. The lowest BCUT2D eigenvalue weighted by Gasteiger charge is -2.34. The molecule has 0 amide bonds. The second-order valence-electron chi connectivity index (χ2n) is 3.55. The van der Waals surface area contributed by atoms with Gasteiger partial charge >= 0.3 is 0 Å². The van der Waals surface area contributed by atoms with Gasteiger partial charge in [-0.3, -0.25) is 11.3 Å². The van der Waals surface area contributed by atoms with Gasteiger partial charge in [-0.25, -0.2) is 0 Å². The van der Waals surface area contributed by atoms with Crippen LogP contribution in [-0.2, 0) is 9.47 Å². The van der Waals surface area contributed by atoms with Crippen molar-refractivity contribution in [1.82, 2.24) is 5.43 Å². The summed E-state index contributed by atoms with van der Waals surface area (Å²) in [6.45, 7) is 1.50. The highest BCUT2D eigenvalue weighted by molar-refractivity contribution is 5.85. The van der Waals surface area contributed by atoms with E-state index in [0.29, 0.717) is 6.04 Å². The standard InChI is InChI=1S/C8H16N2O2.2ClH/c9-10-7-1-3-8(4-2-7)11-5-6-12-8;;/h7,10H,1-6,9H2;2*1H. The number of nitrogens with two attached hydrogens (primary N) is 1. The highest BCUT2D eigenvalue weighted by Gasteiger charge is 2.39. The topological polar surface area (TPSA) is 56.5 Å². The molecule has 0 bridgehead atoms. The molecule has 2 aliphatic rings. The molecule has 0 aromatic carbocycles. The monoisotopic (exact) mass is 244 g/mol. The summed E-state index contributed by atoms with van der Waals surface area (Å²) >= 11 is 0. The lowest BCUT2D eigenvalue weighted by Crippen LogP contribution is -2.44. The van der Waals surface area contributed by atoms with Gasteiger partial charge in [-0.15, -0.1) is 24.8 Å². The largest absolute Gasteiger partial charge is 0.348 e. The maximum absolute atomic E-state index is 5.58. The Balaban J connectivity index is 0.000000845. The van der Waals surface area contributed by atoms with Crippen LogP contribution < -0.4 is 11.3 Å². The molecule has 1 aliphatic carbocycles. The summed E-state index contributed by atoms with van der Waals surface area (Å²) in [6, 6.07) is 0.448. The molecule has 0 atom stereocenters. The van der Waals surface area contributed by atoms with Gasteiger partial charge in [-0.05, 0) is 12.8 Å². The van der Waals surface area contributed by atoms with Gasteiger partial charge in [0.05, 0.1) is 13.2 Å². The van der Waals surface area contributed by atoms with Crippen LogP contribution in [0.1, 0.15) is 25.7 Å². The number of rotatable bonds is 1. The summed E-state index contributed by atoms with van der Waals surface area (Å²) in [4.78, 5) is 0. The zero-order valence-electron chi connectivity index (χ0n) is 8.03. The molecule has 0 aromatic heterocycles. The molecular weight excluding hydrogens is 227 g/mol. The summed E-state index contributed by atoms with van der Waals surface area (Å²) in [5, 5.41) is 0. The predicted molar refractivity (Wildman–Crippen MR) is 58.7 cm³/mol. The molecule has 0 unspecified atom stereocenters. The van der Waals surface area contributed by atoms with E-state index in [4.69, 9.17) is 15.3 Å². The first kappa shape index (κ1) is 14.4. The van der Waals surface area contributed by atoms with Gasteiger partial charge in [0.15, 0.2) is 5.79 Å². The highest BCUT2D eigenvalue weighted by atomic mass is 35.5. The molecule has 2 rings (SSSR count). The molecule has 86 valence electrons. The van der Waals surface area contributed by atoms with E-state index in [1.54, 1.807) is 0 Å². The van der Waals surface area contributed by atoms with Crippen molar-refractivity contribution < 1.29 is 9.47 Å². The van der Waals surface area contributed by atoms with Crippen LogP contribution in [0.4, 0.5) is 0 Å². The molecule has 1 heterocycles. The van der Waals surface area contributed by atoms with Gasteiger partial charge in [0.25, 0.3) is 0 Å². The Morgan fingerprint density at radius 3 is 2.00 bits per heavy atom. The Morgan fingerprint density at radius 1 is 1.07 bits per heavy atom. The van der Waals surface area contributed by atoms with Gasteiger partial charge in [0.2, 0.25) is 0 Å². The molecule has 0 aromatic rings. The molecule has 1 spiro atoms. The fraction of sp³-hybridized carbons (Fsp3) is 1.00. The maximum Gasteiger partial charge on any atom is 0.168 e. The highest BCUT2D eigenvalue weighted by Crippen LogP contribution is 2.35. The molecule has 0 radical (unpaired) electrons. The molecule has 1 saturated heterocycles. The van der Waals surface area contributed by atoms with E-state index in [0.717, 1.165) is 38.9 Å². The molecule has 14 heavy (non-hydrogen) atoms. The van der Waals surface area contributed by atoms with Crippen molar-refractivity contribution in [1.29, 1.82) is 0 Å². The first-order valence-electron chi connectivity index (χ1n) is 4.59. The van der Waals surface area contributed by atoms with E-state index < -0.39 is 0 Å². The summed E-state index contributed by atoms with van der Waals surface area (Å²) < 4.78 is 11.2. The van der Waals surface area contributed by atoms with Crippen LogP contribution in [0.15, 0.2) is 0 Å². The third kappa shape index (κ3) is 2.95. The van der Waals surface area contributed by atoms with Gasteiger partial charge in [-0.1, -0.05) is 0 Å². The van der Waals surface area contributed by atoms with Crippen molar-refractivity contribution in [2.45, 2.75) is 37.5 Å². The van der Waals surface area contributed by atoms with E-state index in [-0.39, 0.29) is 30.6 Å². The number of ether oxygens (including phenoxy) is 2. The van der Waals surface area contributed by atoms with Gasteiger partial charge in [0.1, 0.15) is 0 Å². The zero-order chi connectivity index (χ0) is 8.44. The van der Waals surface area contributed by atoms with Crippen LogP contribution in [-0.4, -0.2) is 25.0 Å². The second-order valence-corrected chi connectivity index (χ2v) is 3.55. The SMILES string of the molecule is Cl.Cl.NNC1CCC2(CC1)OCCO2. The molecule has 1 aliphatic heterocycles. The van der Waals surface area contributed by atoms with E-state index in [1.807, 2.05) is 0 Å². The fourth-order valence-electron chi connectivity index (χ4n) is 2.01. The van der Waals surface area contributed by atoms with Crippen molar-refractivity contribution in [3.63, 3.8) is 0 Å². The van der Waals surface area contributed by atoms with Crippen molar-refractivity contribution in [3.8, 4) is 0 Å². The maximum atomic E-state index is 5.58. The Hall–Kier alpha value is 0.420. The van der Waals surface area contributed by atoms with Crippen molar-refractivity contribution in [2.75, 3.05) is 13.2 Å². The predicted octanol–water partition coefficient (Wildman–Crippen LogP) is 0.979. The van der Waals surface area contributed by atoms with E-state index in [1.165, 1.54) is 0 Å². The third-order valence-electron chi connectivity index (χ3n) is 2.80. The number of hydrazine groups is 1. The average Bonchev–Trinajstić information content (AvgIpc) is 2.55. The second kappa shape index (κ2) is 6.10. The summed E-state index contributed by atoms with van der Waals surface area (Å²) in [5.41, 5.74) is 2.80. The first-order chi connectivity index (χ1) is 5.85. The minimum Gasteiger partial charge on any atom is -0.348 e. The molecule has 6 heteroatoms. The van der Waals surface area contributed by atoms with Crippen LogP contribution in [0.3, 0.4) is 0 Å². The van der Waals surface area contributed by atoms with Gasteiger partial charge in [-0.2, -0.15) is 0 Å². The lowest BCUT2D eigenvalue weighted by molar-refractivity contribution is -0.179. The Labute approximate surface area is 96.7 Å². The summed E-state index contributed by atoms with van der Waals surface area (Å²) in [7, 11) is 0. The average molecular weight is 245 g/mol. The van der Waals surface area contributed by atoms with Crippen LogP contribution >= 0.6 is 24.8 Å². The number of hydrogen-bond donors (Lipinski definition) is 2. The van der Waals surface area contributed by atoms with E-state index >= 15 is 0 Å². The quantitative estimate of drug-likeness (QED) is 0.534. The Bertz CT molecular complexity index is 155. The summed E-state index contributed by atoms with van der Waals surface area (Å²) in [6.07, 6.45) is 4.05. The third-order valence-corrected chi connectivity index (χ3v) is 2.80. The minimum absolute atomic E-state index is 0. The van der Waals surface area contributed by atoms with Gasteiger partial charge in [0, 0.05) is 18.9 Å². The number of halogens is 2. The van der Waals surface area contributed by atoms with Crippen LogP contribution in [0, 0.1) is 0 Å². The van der Waals surface area contributed by atoms with E-state index in [2.05, 4.69) is 5.43 Å². The van der Waals surface area contributed by atoms with E-state index in [9.17, 15) is 0 Å². The zero-order valence-corrected chi connectivity index (χ0v) is 9.66. The number of nitrogens with one attached hydrogen (secondary N) is 1. The van der Waals surface area contributed by atoms with Crippen LogP contribution in [0.25, 0.3) is 0 Å². The Morgan fingerprint density at radius 2 is 1.57 bits per heavy atom. The normalized spacial score (nSPS) is 25.5. The fourth-order valence-corrected chi connectivity index (χ4v) is 2.01. The molecule has 1 saturated carbocycles. The molecular formula is C8H18Cl2N2O2. The van der Waals surface area contributed by atoms with Crippen molar-refractivity contribution in [3.05, 3.63) is 0 Å². The van der Waals surface area contributed by atoms with Crippen molar-refractivity contribution >= 4 is 24.8 Å². The van der Waals surface area contributed by atoms with Crippen molar-refractivity contribution in [2.24, 2.45) is 5.84 Å².